The van der Waals surface area contributed by atoms with Crippen molar-refractivity contribution in [3.63, 3.8) is 0 Å². The lowest BCUT2D eigenvalue weighted by Gasteiger charge is -2.27. The lowest BCUT2D eigenvalue weighted by molar-refractivity contribution is -0.118. The van der Waals surface area contributed by atoms with Crippen LogP contribution in [0.3, 0.4) is 0 Å². The Kier molecular flexibility index (Phi) is 4.14. The van der Waals surface area contributed by atoms with E-state index in [9.17, 15) is 9.18 Å². The van der Waals surface area contributed by atoms with E-state index in [1.807, 2.05) is 29.1 Å². The van der Waals surface area contributed by atoms with Crippen molar-refractivity contribution < 1.29 is 13.9 Å². The minimum Gasteiger partial charge on any atom is -0.480 e. The molecular weight excluding hydrogens is 401 g/mol. The third-order valence-corrected chi connectivity index (χ3v) is 6.16. The Morgan fingerprint density at radius 2 is 2.11 bits per heavy atom. The van der Waals surface area contributed by atoms with Gasteiger partial charge in [-0.1, -0.05) is 35.5 Å². The highest BCUT2D eigenvalue weighted by atomic mass is 35.5. The van der Waals surface area contributed by atoms with Gasteiger partial charge >= 0.3 is 0 Å². The molecule has 0 bridgehead atoms. The maximum absolute atomic E-state index is 13.4. The second-order valence-corrected chi connectivity index (χ2v) is 7.90. The molecule has 2 aromatic carbocycles. The average molecular weight is 414 g/mol. The lowest BCUT2D eigenvalue weighted by atomic mass is 9.97. The first-order valence-electron chi connectivity index (χ1n) is 8.52. The fourth-order valence-electron chi connectivity index (χ4n) is 3.31. The summed E-state index contributed by atoms with van der Waals surface area (Å²) in [5, 5.41) is 3.97. The van der Waals surface area contributed by atoms with Crippen molar-refractivity contribution in [2.45, 2.75) is 10.4 Å². The molecular formula is C20H13ClFN3O2S. The molecule has 140 valence electrons. The number of ether oxygens (including phenoxy) is 1. The second-order valence-electron chi connectivity index (χ2n) is 6.42. The number of nitrogens with one attached hydrogen (secondary N) is 1. The maximum atomic E-state index is 13.4. The number of rotatable bonds is 2. The number of carbonyl (C=O) groups excluding carboxylic acids is 1. The SMILES string of the molecule is O=C1COc2c(Cl)cc(C3=Cn4ccnc4SC3c3ccc(F)cc3)cc2N1. The van der Waals surface area contributed by atoms with Crippen molar-refractivity contribution in [3.8, 4) is 5.75 Å². The predicted octanol–water partition coefficient (Wildman–Crippen LogP) is 4.85. The van der Waals surface area contributed by atoms with Crippen LogP contribution in [0.15, 0.2) is 53.9 Å². The van der Waals surface area contributed by atoms with Crippen LogP contribution in [-0.4, -0.2) is 22.1 Å². The van der Waals surface area contributed by atoms with Gasteiger partial charge < -0.3 is 14.6 Å². The van der Waals surface area contributed by atoms with E-state index in [4.69, 9.17) is 16.3 Å². The largest absolute Gasteiger partial charge is 0.480 e. The van der Waals surface area contributed by atoms with Crippen molar-refractivity contribution in [1.29, 1.82) is 0 Å². The van der Waals surface area contributed by atoms with Crippen LogP contribution in [0.25, 0.3) is 11.8 Å². The van der Waals surface area contributed by atoms with E-state index in [1.165, 1.54) is 12.1 Å². The first kappa shape index (κ1) is 17.3. The molecule has 1 unspecified atom stereocenters. The Balaban J connectivity index is 1.65. The number of imidazole rings is 1. The van der Waals surface area contributed by atoms with Crippen molar-refractivity contribution in [2.24, 2.45) is 0 Å². The van der Waals surface area contributed by atoms with Gasteiger partial charge in [-0.25, -0.2) is 9.37 Å². The summed E-state index contributed by atoms with van der Waals surface area (Å²) in [7, 11) is 0. The Labute approximate surface area is 169 Å². The summed E-state index contributed by atoms with van der Waals surface area (Å²) >= 11 is 8.00. The van der Waals surface area contributed by atoms with Crippen LogP contribution in [0.2, 0.25) is 5.02 Å². The predicted molar refractivity (Wildman–Crippen MR) is 107 cm³/mol. The summed E-state index contributed by atoms with van der Waals surface area (Å²) in [6.07, 6.45) is 5.59. The molecule has 1 amide bonds. The first-order chi connectivity index (χ1) is 13.6. The summed E-state index contributed by atoms with van der Waals surface area (Å²) < 4.78 is 20.8. The Bertz CT molecular complexity index is 1130. The number of nitrogens with zero attached hydrogens (tertiary/aromatic N) is 2. The first-order valence-corrected chi connectivity index (χ1v) is 9.77. The summed E-state index contributed by atoms with van der Waals surface area (Å²) in [6.45, 7) is -0.0543. The molecule has 0 saturated heterocycles. The van der Waals surface area contributed by atoms with Gasteiger partial charge in [0.25, 0.3) is 5.91 Å². The number of hydrogen-bond donors (Lipinski definition) is 1. The highest BCUT2D eigenvalue weighted by Crippen LogP contribution is 2.49. The molecule has 2 aliphatic rings. The van der Waals surface area contributed by atoms with Crippen molar-refractivity contribution >= 4 is 46.7 Å². The van der Waals surface area contributed by atoms with Gasteiger partial charge in [0.2, 0.25) is 0 Å². The minimum absolute atomic E-state index is 0.0543. The molecule has 0 radical (unpaired) electrons. The molecule has 5 rings (SSSR count). The highest BCUT2D eigenvalue weighted by molar-refractivity contribution is 7.99. The van der Waals surface area contributed by atoms with Crippen LogP contribution in [0.5, 0.6) is 5.75 Å². The molecule has 0 spiro atoms. The van der Waals surface area contributed by atoms with Gasteiger partial charge in [-0.05, 0) is 41.0 Å². The van der Waals surface area contributed by atoms with Crippen molar-refractivity contribution in [1.82, 2.24) is 9.55 Å². The second kappa shape index (κ2) is 6.68. The van der Waals surface area contributed by atoms with Gasteiger partial charge in [0, 0.05) is 18.6 Å². The molecule has 5 nitrogen and oxygen atoms in total. The van der Waals surface area contributed by atoms with E-state index in [1.54, 1.807) is 30.1 Å². The molecule has 28 heavy (non-hydrogen) atoms. The fourth-order valence-corrected chi connectivity index (χ4v) is 4.77. The number of aromatic nitrogens is 2. The summed E-state index contributed by atoms with van der Waals surface area (Å²) in [5.74, 6) is -0.0382. The van der Waals surface area contributed by atoms with Crippen molar-refractivity contribution in [3.05, 3.63) is 70.8 Å². The van der Waals surface area contributed by atoms with Crippen LogP contribution in [0.1, 0.15) is 16.4 Å². The number of thioether (sulfide) groups is 1. The normalized spacial score (nSPS) is 17.9. The average Bonchev–Trinajstić information content (AvgIpc) is 3.14. The number of fused-ring (bicyclic) bond motifs is 2. The van der Waals surface area contributed by atoms with Gasteiger partial charge in [-0.3, -0.25) is 4.79 Å². The monoisotopic (exact) mass is 413 g/mol. The molecule has 2 aliphatic heterocycles. The summed E-state index contributed by atoms with van der Waals surface area (Å²) in [5.41, 5.74) is 3.29. The lowest BCUT2D eigenvalue weighted by Crippen LogP contribution is -2.25. The molecule has 1 atom stereocenters. The van der Waals surface area contributed by atoms with Gasteiger partial charge in [-0.2, -0.15) is 0 Å². The third kappa shape index (κ3) is 2.96. The molecule has 0 aliphatic carbocycles. The third-order valence-electron chi connectivity index (χ3n) is 4.59. The molecule has 1 aromatic heterocycles. The standard InChI is InChI=1S/C20H13ClFN3O2S/c21-15-7-12(8-16-18(15)27-10-17(26)24-16)14-9-25-6-5-23-20(25)28-19(14)11-1-3-13(22)4-2-11/h1-9,19H,10H2,(H,24,26). The molecule has 3 heterocycles. The number of halogens is 2. The smallest absolute Gasteiger partial charge is 0.262 e. The van der Waals surface area contributed by atoms with Crippen LogP contribution >= 0.6 is 23.4 Å². The van der Waals surface area contributed by atoms with E-state index in [0.717, 1.165) is 21.9 Å². The van der Waals surface area contributed by atoms with Crippen molar-refractivity contribution in [2.75, 3.05) is 11.9 Å². The molecule has 0 fully saturated rings. The van der Waals surface area contributed by atoms with Crippen LogP contribution < -0.4 is 10.1 Å². The van der Waals surface area contributed by atoms with E-state index < -0.39 is 0 Å². The number of hydrogen-bond acceptors (Lipinski definition) is 4. The summed E-state index contributed by atoms with van der Waals surface area (Å²) in [6, 6.07) is 10.1. The van der Waals surface area contributed by atoms with E-state index in [2.05, 4.69) is 10.3 Å². The molecule has 0 saturated carbocycles. The van der Waals surface area contributed by atoms with Crippen LogP contribution in [0.4, 0.5) is 10.1 Å². The van der Waals surface area contributed by atoms with Gasteiger partial charge in [0.05, 0.1) is 16.0 Å². The van der Waals surface area contributed by atoms with Gasteiger partial charge in [0.1, 0.15) is 5.82 Å². The Hall–Kier alpha value is -2.77. The number of benzene rings is 2. The zero-order valence-electron chi connectivity index (χ0n) is 14.4. The number of anilines is 1. The summed E-state index contributed by atoms with van der Waals surface area (Å²) in [4.78, 5) is 16.1. The molecule has 1 N–H and O–H groups in total. The zero-order chi connectivity index (χ0) is 19.3. The Morgan fingerprint density at radius 1 is 1.29 bits per heavy atom. The van der Waals surface area contributed by atoms with E-state index >= 15 is 0 Å². The topological polar surface area (TPSA) is 56.2 Å². The zero-order valence-corrected chi connectivity index (χ0v) is 15.9. The van der Waals surface area contributed by atoms with E-state index in [0.29, 0.717) is 16.5 Å². The Morgan fingerprint density at radius 3 is 2.93 bits per heavy atom. The molecule has 3 aromatic rings. The quantitative estimate of drug-likeness (QED) is 0.652. The van der Waals surface area contributed by atoms with E-state index in [-0.39, 0.29) is 23.6 Å². The van der Waals surface area contributed by atoms with Gasteiger partial charge in [0.15, 0.2) is 17.5 Å². The van der Waals surface area contributed by atoms with Crippen LogP contribution in [0, 0.1) is 5.82 Å². The number of carbonyl (C=O) groups is 1. The highest BCUT2D eigenvalue weighted by Gasteiger charge is 2.28. The minimum atomic E-state index is -0.284. The number of amides is 1. The maximum Gasteiger partial charge on any atom is 0.262 e. The fraction of sp³-hybridized carbons (Fsp3) is 0.100. The van der Waals surface area contributed by atoms with Gasteiger partial charge in [-0.15, -0.1) is 0 Å². The van der Waals surface area contributed by atoms with Crippen LogP contribution in [-0.2, 0) is 4.79 Å². The molecule has 8 heteroatoms.